The van der Waals surface area contributed by atoms with Crippen LogP contribution < -0.4 is 11.5 Å². The van der Waals surface area contributed by atoms with Crippen molar-refractivity contribution < 1.29 is 0 Å². The highest BCUT2D eigenvalue weighted by Crippen LogP contribution is 2.09. The molecule has 0 bridgehead atoms. The van der Waals surface area contributed by atoms with Gasteiger partial charge in [-0.05, 0) is 27.9 Å². The van der Waals surface area contributed by atoms with E-state index < -0.39 is 0 Å². The van der Waals surface area contributed by atoms with E-state index in [0.717, 1.165) is 0 Å². The van der Waals surface area contributed by atoms with Crippen LogP contribution in [0.25, 0.3) is 0 Å². The number of rotatable bonds is 2. The zero-order valence-corrected chi connectivity index (χ0v) is 6.68. The summed E-state index contributed by atoms with van der Waals surface area (Å²) in [6, 6.07) is 0. The molecule has 56 valence electrons. The van der Waals surface area contributed by atoms with Gasteiger partial charge in [-0.15, -0.1) is 0 Å². The first kappa shape index (κ1) is 8.88. The standard InChI is InChI=1S/C6H17N3/c1-6(2,5(7)8)9(3)4/h5H,7-8H2,1-4H3. The van der Waals surface area contributed by atoms with E-state index in [-0.39, 0.29) is 11.7 Å². The Bertz CT molecular complexity index is 76.3. The van der Waals surface area contributed by atoms with Crippen molar-refractivity contribution in [3.05, 3.63) is 0 Å². The van der Waals surface area contributed by atoms with Crippen molar-refractivity contribution in [3.63, 3.8) is 0 Å². The smallest absolute Gasteiger partial charge is 0.0705 e. The molecule has 0 fully saturated rings. The van der Waals surface area contributed by atoms with E-state index in [1.165, 1.54) is 0 Å². The van der Waals surface area contributed by atoms with Crippen LogP contribution in [0.2, 0.25) is 0 Å². The van der Waals surface area contributed by atoms with Gasteiger partial charge in [0.05, 0.1) is 6.17 Å². The van der Waals surface area contributed by atoms with E-state index in [9.17, 15) is 0 Å². The molecule has 0 aliphatic carbocycles. The fourth-order valence-electron chi connectivity index (χ4n) is 0.298. The molecule has 0 amide bonds. The third-order valence-corrected chi connectivity index (χ3v) is 1.97. The number of hydrogen-bond donors (Lipinski definition) is 2. The average molecular weight is 131 g/mol. The second-order valence-corrected chi connectivity index (χ2v) is 3.07. The van der Waals surface area contributed by atoms with Gasteiger partial charge in [-0.25, -0.2) is 0 Å². The van der Waals surface area contributed by atoms with Crippen LogP contribution >= 0.6 is 0 Å². The maximum atomic E-state index is 5.51. The van der Waals surface area contributed by atoms with Gasteiger partial charge in [0, 0.05) is 5.54 Å². The predicted molar refractivity (Wildman–Crippen MR) is 39.9 cm³/mol. The average Bonchev–Trinajstić information content (AvgIpc) is 1.65. The molecule has 0 aromatic heterocycles. The highest BCUT2D eigenvalue weighted by atomic mass is 15.2. The summed E-state index contributed by atoms with van der Waals surface area (Å²) in [7, 11) is 3.93. The fourth-order valence-corrected chi connectivity index (χ4v) is 0.298. The molecule has 0 saturated carbocycles. The molecule has 0 aliphatic heterocycles. The van der Waals surface area contributed by atoms with Crippen molar-refractivity contribution in [2.75, 3.05) is 14.1 Å². The van der Waals surface area contributed by atoms with Crippen LogP contribution in [0, 0.1) is 0 Å². The van der Waals surface area contributed by atoms with Crippen LogP contribution in [-0.2, 0) is 0 Å². The van der Waals surface area contributed by atoms with Gasteiger partial charge in [0.1, 0.15) is 0 Å². The van der Waals surface area contributed by atoms with Gasteiger partial charge in [0.15, 0.2) is 0 Å². The predicted octanol–water partition coefficient (Wildman–Crippen LogP) is -0.430. The highest BCUT2D eigenvalue weighted by Gasteiger charge is 2.25. The lowest BCUT2D eigenvalue weighted by Crippen LogP contribution is -2.57. The van der Waals surface area contributed by atoms with Gasteiger partial charge in [-0.1, -0.05) is 0 Å². The monoisotopic (exact) mass is 131 g/mol. The summed E-state index contributed by atoms with van der Waals surface area (Å²) in [6.45, 7) is 4.02. The van der Waals surface area contributed by atoms with Crippen molar-refractivity contribution in [1.29, 1.82) is 0 Å². The zero-order chi connectivity index (χ0) is 7.65. The lowest BCUT2D eigenvalue weighted by atomic mass is 10.0. The Morgan fingerprint density at radius 3 is 1.56 bits per heavy atom. The van der Waals surface area contributed by atoms with Crippen LogP contribution in [0.4, 0.5) is 0 Å². The molecule has 0 aromatic rings. The first-order chi connectivity index (χ1) is 3.89. The molecule has 0 spiro atoms. The number of likely N-dealkylation sites (N-methyl/N-ethyl adjacent to an activating group) is 1. The molecule has 0 saturated heterocycles. The van der Waals surface area contributed by atoms with Crippen molar-refractivity contribution in [2.45, 2.75) is 25.6 Å². The van der Waals surface area contributed by atoms with Gasteiger partial charge < -0.3 is 16.4 Å². The summed E-state index contributed by atoms with van der Waals surface area (Å²) in [6.07, 6.45) is -0.285. The Hall–Kier alpha value is -0.120. The molecule has 0 atom stereocenters. The second-order valence-electron chi connectivity index (χ2n) is 3.07. The van der Waals surface area contributed by atoms with Crippen LogP contribution in [0.1, 0.15) is 13.8 Å². The first-order valence-corrected chi connectivity index (χ1v) is 3.07. The third kappa shape index (κ3) is 1.93. The molecular weight excluding hydrogens is 114 g/mol. The summed E-state index contributed by atoms with van der Waals surface area (Å²) in [5.41, 5.74) is 10.9. The largest absolute Gasteiger partial charge is 0.315 e. The molecule has 4 N–H and O–H groups in total. The summed E-state index contributed by atoms with van der Waals surface area (Å²) < 4.78 is 0. The van der Waals surface area contributed by atoms with E-state index in [1.807, 2.05) is 32.8 Å². The van der Waals surface area contributed by atoms with Gasteiger partial charge in [0.25, 0.3) is 0 Å². The molecule has 3 nitrogen and oxygen atoms in total. The van der Waals surface area contributed by atoms with E-state index in [4.69, 9.17) is 11.5 Å². The SMILES string of the molecule is CN(C)C(C)(C)C(N)N. The fraction of sp³-hybridized carbons (Fsp3) is 1.00. The maximum Gasteiger partial charge on any atom is 0.0705 e. The molecule has 3 heteroatoms. The molecule has 9 heavy (non-hydrogen) atoms. The topological polar surface area (TPSA) is 55.3 Å². The molecular formula is C6H17N3. The quantitative estimate of drug-likeness (QED) is 0.500. The molecule has 0 heterocycles. The number of hydrogen-bond acceptors (Lipinski definition) is 3. The summed E-state index contributed by atoms with van der Waals surface area (Å²) in [5, 5.41) is 0. The highest BCUT2D eigenvalue weighted by molar-refractivity contribution is 4.84. The van der Waals surface area contributed by atoms with Crippen molar-refractivity contribution in [3.8, 4) is 0 Å². The van der Waals surface area contributed by atoms with Crippen molar-refractivity contribution in [1.82, 2.24) is 4.90 Å². The third-order valence-electron chi connectivity index (χ3n) is 1.97. The molecule has 0 unspecified atom stereocenters. The lowest BCUT2D eigenvalue weighted by molar-refractivity contribution is 0.161. The molecule has 0 aliphatic rings. The van der Waals surface area contributed by atoms with Crippen molar-refractivity contribution in [2.24, 2.45) is 11.5 Å². The Balaban J connectivity index is 4.01. The van der Waals surface area contributed by atoms with Crippen LogP contribution in [0.3, 0.4) is 0 Å². The molecule has 0 rings (SSSR count). The minimum absolute atomic E-state index is 0.111. The van der Waals surface area contributed by atoms with Gasteiger partial charge in [0.2, 0.25) is 0 Å². The maximum absolute atomic E-state index is 5.51. The number of nitrogens with two attached hydrogens (primary N) is 2. The molecule has 0 radical (unpaired) electrons. The van der Waals surface area contributed by atoms with Crippen molar-refractivity contribution >= 4 is 0 Å². The zero-order valence-electron chi connectivity index (χ0n) is 6.68. The summed E-state index contributed by atoms with van der Waals surface area (Å²) in [5.74, 6) is 0. The van der Waals surface area contributed by atoms with Gasteiger partial charge in [-0.3, -0.25) is 0 Å². The van der Waals surface area contributed by atoms with Gasteiger partial charge in [-0.2, -0.15) is 0 Å². The Morgan fingerprint density at radius 2 is 1.56 bits per heavy atom. The molecule has 0 aromatic carbocycles. The Kier molecular flexibility index (Phi) is 2.61. The van der Waals surface area contributed by atoms with E-state index in [1.54, 1.807) is 0 Å². The van der Waals surface area contributed by atoms with Gasteiger partial charge >= 0.3 is 0 Å². The first-order valence-electron chi connectivity index (χ1n) is 3.07. The Morgan fingerprint density at radius 1 is 1.22 bits per heavy atom. The summed E-state index contributed by atoms with van der Waals surface area (Å²) in [4.78, 5) is 2.01. The Labute approximate surface area is 57.0 Å². The van der Waals surface area contributed by atoms with E-state index >= 15 is 0 Å². The number of nitrogens with zero attached hydrogens (tertiary/aromatic N) is 1. The summed E-state index contributed by atoms with van der Waals surface area (Å²) >= 11 is 0. The second kappa shape index (κ2) is 2.64. The normalized spacial score (nSPS) is 13.3. The van der Waals surface area contributed by atoms with E-state index in [0.29, 0.717) is 0 Å². The van der Waals surface area contributed by atoms with Crippen LogP contribution in [0.5, 0.6) is 0 Å². The van der Waals surface area contributed by atoms with E-state index in [2.05, 4.69) is 0 Å². The lowest BCUT2D eigenvalue weighted by Gasteiger charge is -2.35. The minimum atomic E-state index is -0.285. The van der Waals surface area contributed by atoms with Crippen LogP contribution in [-0.4, -0.2) is 30.7 Å². The van der Waals surface area contributed by atoms with Crippen LogP contribution in [0.15, 0.2) is 0 Å². The minimum Gasteiger partial charge on any atom is -0.315 e.